The lowest BCUT2D eigenvalue weighted by Crippen LogP contribution is -2.40. The maximum absolute atomic E-state index is 14.4. The Balaban J connectivity index is 1.89. The number of hydrogen-bond donors (Lipinski definition) is 1. The Kier molecular flexibility index (Phi) is 9.78. The minimum absolute atomic E-state index is 0.0363. The van der Waals surface area contributed by atoms with Crippen molar-refractivity contribution in [1.82, 2.24) is 4.31 Å². The van der Waals surface area contributed by atoms with Gasteiger partial charge in [-0.25, -0.2) is 12.7 Å². The Morgan fingerprint density at radius 1 is 0.805 bits per heavy atom. The highest BCUT2D eigenvalue weighted by atomic mass is 79.9. The van der Waals surface area contributed by atoms with Gasteiger partial charge in [0.05, 0.1) is 31.1 Å². The third-order valence-electron chi connectivity index (χ3n) is 6.70. The van der Waals surface area contributed by atoms with Crippen LogP contribution in [0.15, 0.2) is 105 Å². The van der Waals surface area contributed by atoms with Crippen LogP contribution in [0, 0.1) is 6.92 Å². The van der Waals surface area contributed by atoms with Gasteiger partial charge in [-0.3, -0.25) is 4.79 Å². The zero-order valence-electron chi connectivity index (χ0n) is 23.0. The standard InChI is InChI=1S/C31H30Br2N2O5S/c1-20-8-14-28(15-9-20)41(37,38)35(2)31(36)29(21-10-12-26(39-3)13-11-21)30(22-6-5-7-27(16-22)40-4)34-25-18-23(32)17-24(33)19-25/h5-19,29-30,34H,1-4H3/t29-,30-/m1/s1. The lowest BCUT2D eigenvalue weighted by molar-refractivity contribution is -0.127. The van der Waals surface area contributed by atoms with Crippen molar-refractivity contribution in [2.24, 2.45) is 0 Å². The summed E-state index contributed by atoms with van der Waals surface area (Å²) >= 11 is 7.06. The second-order valence-corrected chi connectivity index (χ2v) is 13.2. The van der Waals surface area contributed by atoms with Crippen LogP contribution in [0.4, 0.5) is 5.69 Å². The van der Waals surface area contributed by atoms with E-state index in [0.717, 1.165) is 30.1 Å². The number of anilines is 1. The summed E-state index contributed by atoms with van der Waals surface area (Å²) in [6.45, 7) is 1.87. The summed E-state index contributed by atoms with van der Waals surface area (Å²) in [5, 5.41) is 3.50. The zero-order valence-corrected chi connectivity index (χ0v) is 27.0. The Labute approximate surface area is 257 Å². The minimum atomic E-state index is -4.14. The van der Waals surface area contributed by atoms with E-state index in [0.29, 0.717) is 17.1 Å². The van der Waals surface area contributed by atoms with Crippen LogP contribution < -0.4 is 14.8 Å². The molecule has 0 aliphatic rings. The molecule has 0 bridgehead atoms. The number of ether oxygens (including phenoxy) is 2. The van der Waals surface area contributed by atoms with Gasteiger partial charge >= 0.3 is 0 Å². The Morgan fingerprint density at radius 3 is 2.00 bits per heavy atom. The highest BCUT2D eigenvalue weighted by Gasteiger charge is 2.38. The molecular formula is C31H30Br2N2O5S. The summed E-state index contributed by atoms with van der Waals surface area (Å²) in [4.78, 5) is 14.4. The predicted molar refractivity (Wildman–Crippen MR) is 168 cm³/mol. The SMILES string of the molecule is COc1ccc([C@@H](C(=O)N(C)S(=O)(=O)c2ccc(C)cc2)[C@H](Nc2cc(Br)cc(Br)c2)c2cccc(OC)c2)cc1. The van der Waals surface area contributed by atoms with Crippen LogP contribution in [0.2, 0.25) is 0 Å². The number of rotatable bonds is 10. The van der Waals surface area contributed by atoms with E-state index in [1.807, 2.05) is 49.4 Å². The molecule has 0 unspecified atom stereocenters. The number of carbonyl (C=O) groups excluding carboxylic acids is 1. The van der Waals surface area contributed by atoms with E-state index < -0.39 is 27.9 Å². The van der Waals surface area contributed by atoms with Gasteiger partial charge in [-0.1, -0.05) is 73.8 Å². The van der Waals surface area contributed by atoms with Gasteiger partial charge in [0.2, 0.25) is 5.91 Å². The van der Waals surface area contributed by atoms with E-state index in [4.69, 9.17) is 9.47 Å². The number of amides is 1. The van der Waals surface area contributed by atoms with Crippen molar-refractivity contribution < 1.29 is 22.7 Å². The molecule has 0 aliphatic carbocycles. The molecule has 41 heavy (non-hydrogen) atoms. The molecule has 2 atom stereocenters. The van der Waals surface area contributed by atoms with Crippen LogP contribution >= 0.6 is 31.9 Å². The van der Waals surface area contributed by atoms with E-state index in [1.54, 1.807) is 50.6 Å². The highest BCUT2D eigenvalue weighted by molar-refractivity contribution is 9.11. The van der Waals surface area contributed by atoms with Gasteiger partial charge in [0.1, 0.15) is 11.5 Å². The molecule has 0 fully saturated rings. The van der Waals surface area contributed by atoms with Crippen molar-refractivity contribution in [2.75, 3.05) is 26.6 Å². The molecule has 0 saturated heterocycles. The molecule has 0 heterocycles. The van der Waals surface area contributed by atoms with Crippen LogP contribution in [0.3, 0.4) is 0 Å². The summed E-state index contributed by atoms with van der Waals surface area (Å²) in [7, 11) is 0.285. The first-order valence-electron chi connectivity index (χ1n) is 12.6. The second-order valence-electron chi connectivity index (χ2n) is 9.43. The van der Waals surface area contributed by atoms with E-state index in [1.165, 1.54) is 19.2 Å². The van der Waals surface area contributed by atoms with Gasteiger partial charge in [0.25, 0.3) is 10.0 Å². The van der Waals surface area contributed by atoms with E-state index in [2.05, 4.69) is 37.2 Å². The largest absolute Gasteiger partial charge is 0.497 e. The number of carbonyl (C=O) groups is 1. The maximum Gasteiger partial charge on any atom is 0.266 e. The summed E-state index contributed by atoms with van der Waals surface area (Å²) < 4.78 is 40.6. The monoisotopic (exact) mass is 700 g/mol. The molecule has 10 heteroatoms. The third-order valence-corrected chi connectivity index (χ3v) is 9.39. The van der Waals surface area contributed by atoms with Gasteiger partial charge in [-0.15, -0.1) is 0 Å². The highest BCUT2D eigenvalue weighted by Crippen LogP contribution is 2.39. The molecule has 0 aliphatic heterocycles. The number of aryl methyl sites for hydroxylation is 1. The van der Waals surface area contributed by atoms with Crippen molar-refractivity contribution in [3.8, 4) is 11.5 Å². The Morgan fingerprint density at radius 2 is 1.41 bits per heavy atom. The first kappa shape index (κ1) is 30.6. The van der Waals surface area contributed by atoms with Crippen LogP contribution in [0.1, 0.15) is 28.7 Å². The van der Waals surface area contributed by atoms with Gasteiger partial charge < -0.3 is 14.8 Å². The molecule has 0 spiro atoms. The van der Waals surface area contributed by atoms with Gasteiger partial charge in [0.15, 0.2) is 0 Å². The minimum Gasteiger partial charge on any atom is -0.497 e. The fourth-order valence-electron chi connectivity index (χ4n) is 4.48. The molecule has 4 aromatic rings. The molecule has 7 nitrogen and oxygen atoms in total. The van der Waals surface area contributed by atoms with Crippen LogP contribution in [0.5, 0.6) is 11.5 Å². The molecule has 214 valence electrons. The number of halogens is 2. The topological polar surface area (TPSA) is 84.9 Å². The molecule has 4 aromatic carbocycles. The van der Waals surface area contributed by atoms with Crippen LogP contribution in [-0.2, 0) is 14.8 Å². The number of hydrogen-bond acceptors (Lipinski definition) is 6. The number of nitrogens with zero attached hydrogens (tertiary/aromatic N) is 1. The first-order valence-corrected chi connectivity index (χ1v) is 15.7. The van der Waals surface area contributed by atoms with Gasteiger partial charge in [-0.2, -0.15) is 0 Å². The Bertz CT molecular complexity index is 1610. The third kappa shape index (κ3) is 7.12. The Hall–Kier alpha value is -3.34. The lowest BCUT2D eigenvalue weighted by atomic mass is 9.85. The second kappa shape index (κ2) is 13.1. The molecule has 1 amide bonds. The van der Waals surface area contributed by atoms with Crippen LogP contribution in [0.25, 0.3) is 0 Å². The number of benzene rings is 4. The average molecular weight is 702 g/mol. The van der Waals surface area contributed by atoms with Crippen molar-refractivity contribution in [1.29, 1.82) is 0 Å². The van der Waals surface area contributed by atoms with Crippen molar-refractivity contribution in [3.05, 3.63) is 117 Å². The fourth-order valence-corrected chi connectivity index (χ4v) is 6.92. The van der Waals surface area contributed by atoms with E-state index >= 15 is 0 Å². The molecule has 0 radical (unpaired) electrons. The molecule has 0 saturated carbocycles. The fraction of sp³-hybridized carbons (Fsp3) is 0.194. The zero-order chi connectivity index (χ0) is 29.7. The quantitative estimate of drug-likeness (QED) is 0.187. The smallest absolute Gasteiger partial charge is 0.266 e. The van der Waals surface area contributed by atoms with Crippen molar-refractivity contribution in [3.63, 3.8) is 0 Å². The summed E-state index contributed by atoms with van der Waals surface area (Å²) in [6, 6.07) is 25.8. The number of likely N-dealkylation sites (N-methyl/N-ethyl adjacent to an activating group) is 1. The average Bonchev–Trinajstić information content (AvgIpc) is 2.96. The van der Waals surface area contributed by atoms with Crippen molar-refractivity contribution >= 4 is 53.5 Å². The molecule has 1 N–H and O–H groups in total. The predicted octanol–water partition coefficient (Wildman–Crippen LogP) is 7.32. The van der Waals surface area contributed by atoms with Gasteiger partial charge in [-0.05, 0) is 72.6 Å². The number of methoxy groups -OCH3 is 2. The van der Waals surface area contributed by atoms with E-state index in [9.17, 15) is 13.2 Å². The molecule has 0 aromatic heterocycles. The number of sulfonamides is 1. The summed E-state index contributed by atoms with van der Waals surface area (Å²) in [5.41, 5.74) is 2.97. The summed E-state index contributed by atoms with van der Waals surface area (Å²) in [6.07, 6.45) is 0. The van der Waals surface area contributed by atoms with Gasteiger partial charge in [0, 0.05) is 21.7 Å². The van der Waals surface area contributed by atoms with Crippen LogP contribution in [-0.4, -0.2) is 39.9 Å². The maximum atomic E-state index is 14.4. The lowest BCUT2D eigenvalue weighted by Gasteiger charge is -2.32. The normalized spacial score (nSPS) is 12.7. The molecular weight excluding hydrogens is 672 g/mol. The molecule has 4 rings (SSSR count). The van der Waals surface area contributed by atoms with Crippen molar-refractivity contribution in [2.45, 2.75) is 23.8 Å². The first-order chi connectivity index (χ1) is 19.5. The van der Waals surface area contributed by atoms with E-state index in [-0.39, 0.29) is 4.90 Å². The number of nitrogens with one attached hydrogen (secondary N) is 1. The summed E-state index contributed by atoms with van der Waals surface area (Å²) in [5.74, 6) is -0.352.